The Kier molecular flexibility index (Phi) is 3.22. The lowest BCUT2D eigenvalue weighted by molar-refractivity contribution is 0.476. The van der Waals surface area contributed by atoms with Gasteiger partial charge in [0.15, 0.2) is 11.4 Å². The van der Waals surface area contributed by atoms with Crippen LogP contribution in [0.25, 0.3) is 0 Å². The fraction of sp³-hybridized carbons (Fsp3) is 0. The van der Waals surface area contributed by atoms with Gasteiger partial charge in [0.2, 0.25) is 0 Å². The molecule has 0 saturated carbocycles. The second kappa shape index (κ2) is 4.81. The largest absolute Gasteiger partial charge is 0.454 e. The number of aromatic nitrogens is 1. The van der Waals surface area contributed by atoms with E-state index in [4.69, 9.17) is 21.6 Å². The predicted octanol–water partition coefficient (Wildman–Crippen LogP) is 3.54. The molecule has 17 heavy (non-hydrogen) atoms. The minimum Gasteiger partial charge on any atom is -0.454 e. The van der Waals surface area contributed by atoms with Gasteiger partial charge in [-0.05, 0) is 24.3 Å². The second-order valence-electron chi connectivity index (χ2n) is 3.14. The Balaban J connectivity index is 2.32. The highest BCUT2D eigenvalue weighted by Crippen LogP contribution is 2.27. The summed E-state index contributed by atoms with van der Waals surface area (Å²) in [7, 11) is 0. The molecule has 0 aliphatic heterocycles. The standard InChI is InChI=1S/C12H6ClFN2O/c13-9-6-8(3-4-10(9)14)17-12-2-1-5-16-11(12)7-15/h1-6H. The van der Waals surface area contributed by atoms with Gasteiger partial charge in [-0.1, -0.05) is 11.6 Å². The second-order valence-corrected chi connectivity index (χ2v) is 3.55. The molecule has 0 radical (unpaired) electrons. The smallest absolute Gasteiger partial charge is 0.183 e. The third kappa shape index (κ3) is 2.52. The average molecular weight is 249 g/mol. The molecule has 0 N–H and O–H groups in total. The van der Waals surface area contributed by atoms with Crippen LogP contribution in [0.5, 0.6) is 11.5 Å². The average Bonchev–Trinajstić information content (AvgIpc) is 2.34. The Morgan fingerprint density at radius 3 is 2.88 bits per heavy atom. The van der Waals surface area contributed by atoms with Gasteiger partial charge in [-0.25, -0.2) is 9.37 Å². The van der Waals surface area contributed by atoms with E-state index in [9.17, 15) is 4.39 Å². The molecule has 0 spiro atoms. The number of ether oxygens (including phenoxy) is 1. The number of hydrogen-bond donors (Lipinski definition) is 0. The normalized spacial score (nSPS) is 9.71. The lowest BCUT2D eigenvalue weighted by Gasteiger charge is -2.06. The molecule has 0 amide bonds. The minimum atomic E-state index is -0.522. The highest BCUT2D eigenvalue weighted by atomic mass is 35.5. The summed E-state index contributed by atoms with van der Waals surface area (Å²) in [4.78, 5) is 3.84. The Hall–Kier alpha value is -2.12. The summed E-state index contributed by atoms with van der Waals surface area (Å²) < 4.78 is 18.3. The molecule has 1 aromatic heterocycles. The van der Waals surface area contributed by atoms with Crippen LogP contribution in [0.1, 0.15) is 5.69 Å². The summed E-state index contributed by atoms with van der Waals surface area (Å²) >= 11 is 5.62. The zero-order valence-electron chi connectivity index (χ0n) is 8.52. The monoisotopic (exact) mass is 248 g/mol. The molecule has 0 saturated heterocycles. The van der Waals surface area contributed by atoms with Crippen molar-refractivity contribution in [2.75, 3.05) is 0 Å². The molecule has 0 atom stereocenters. The Morgan fingerprint density at radius 1 is 1.35 bits per heavy atom. The van der Waals surface area contributed by atoms with Crippen molar-refractivity contribution in [1.82, 2.24) is 4.98 Å². The first-order valence-corrected chi connectivity index (χ1v) is 5.06. The highest BCUT2D eigenvalue weighted by Gasteiger charge is 2.06. The van der Waals surface area contributed by atoms with Gasteiger partial charge >= 0.3 is 0 Å². The van der Waals surface area contributed by atoms with Crippen molar-refractivity contribution in [2.45, 2.75) is 0 Å². The van der Waals surface area contributed by atoms with Crippen molar-refractivity contribution >= 4 is 11.6 Å². The van der Waals surface area contributed by atoms with Crippen LogP contribution in [0.2, 0.25) is 5.02 Å². The van der Waals surface area contributed by atoms with E-state index in [1.165, 1.54) is 24.4 Å². The summed E-state index contributed by atoms with van der Waals surface area (Å²) in [6.07, 6.45) is 1.49. The number of rotatable bonds is 2. The summed E-state index contributed by atoms with van der Waals surface area (Å²) in [6.45, 7) is 0. The molecule has 84 valence electrons. The molecular formula is C12H6ClFN2O. The fourth-order valence-corrected chi connectivity index (χ4v) is 1.39. The zero-order valence-corrected chi connectivity index (χ0v) is 9.28. The van der Waals surface area contributed by atoms with Gasteiger partial charge in [0.05, 0.1) is 5.02 Å². The summed E-state index contributed by atoms with van der Waals surface area (Å²) in [5.41, 5.74) is 0.160. The molecule has 0 unspecified atom stereocenters. The minimum absolute atomic E-state index is 0.0371. The molecule has 3 nitrogen and oxygen atoms in total. The maximum atomic E-state index is 12.9. The third-order valence-electron chi connectivity index (χ3n) is 2.00. The van der Waals surface area contributed by atoms with Crippen molar-refractivity contribution < 1.29 is 9.13 Å². The molecule has 2 aromatic rings. The maximum Gasteiger partial charge on any atom is 0.183 e. The molecule has 0 aliphatic rings. The van der Waals surface area contributed by atoms with E-state index >= 15 is 0 Å². The van der Waals surface area contributed by atoms with Gasteiger partial charge in [-0.2, -0.15) is 5.26 Å². The molecule has 0 fully saturated rings. The topological polar surface area (TPSA) is 45.9 Å². The van der Waals surface area contributed by atoms with E-state index in [0.717, 1.165) is 0 Å². The van der Waals surface area contributed by atoms with Crippen LogP contribution in [0.15, 0.2) is 36.5 Å². The molecular weight excluding hydrogens is 243 g/mol. The molecule has 2 rings (SSSR count). The van der Waals surface area contributed by atoms with Crippen molar-refractivity contribution in [1.29, 1.82) is 5.26 Å². The van der Waals surface area contributed by atoms with Crippen LogP contribution in [0.3, 0.4) is 0 Å². The van der Waals surface area contributed by atoms with E-state index in [2.05, 4.69) is 4.98 Å². The van der Waals surface area contributed by atoms with Gasteiger partial charge in [-0.3, -0.25) is 0 Å². The van der Waals surface area contributed by atoms with Crippen molar-refractivity contribution in [3.8, 4) is 17.6 Å². The van der Waals surface area contributed by atoms with Crippen LogP contribution >= 0.6 is 11.6 Å². The SMILES string of the molecule is N#Cc1ncccc1Oc1ccc(F)c(Cl)c1. The first-order chi connectivity index (χ1) is 8.20. The molecule has 1 heterocycles. The number of benzene rings is 1. The molecule has 5 heteroatoms. The molecule has 0 aliphatic carbocycles. The van der Waals surface area contributed by atoms with Gasteiger partial charge < -0.3 is 4.74 Å². The molecule has 0 bridgehead atoms. The first kappa shape index (κ1) is 11.4. The van der Waals surface area contributed by atoms with Gasteiger partial charge in [0, 0.05) is 12.3 Å². The van der Waals surface area contributed by atoms with Crippen molar-refractivity contribution in [3.63, 3.8) is 0 Å². The van der Waals surface area contributed by atoms with Crippen molar-refractivity contribution in [3.05, 3.63) is 53.1 Å². The summed E-state index contributed by atoms with van der Waals surface area (Å²) in [5, 5.41) is 8.78. The van der Waals surface area contributed by atoms with Crippen molar-refractivity contribution in [2.24, 2.45) is 0 Å². The van der Waals surface area contributed by atoms with E-state index in [0.29, 0.717) is 11.5 Å². The Bertz CT molecular complexity index is 595. The highest BCUT2D eigenvalue weighted by molar-refractivity contribution is 6.30. The Labute approximate surface area is 102 Å². The number of pyridine rings is 1. The Morgan fingerprint density at radius 2 is 2.18 bits per heavy atom. The number of nitriles is 1. The summed E-state index contributed by atoms with van der Waals surface area (Å²) in [5.74, 6) is 0.129. The first-order valence-electron chi connectivity index (χ1n) is 4.69. The number of halogens is 2. The predicted molar refractivity (Wildman–Crippen MR) is 60.4 cm³/mol. The van der Waals surface area contributed by atoms with E-state index in [-0.39, 0.29) is 10.7 Å². The van der Waals surface area contributed by atoms with Crippen LogP contribution in [-0.4, -0.2) is 4.98 Å². The summed E-state index contributed by atoms with van der Waals surface area (Å²) in [6, 6.07) is 9.10. The van der Waals surface area contributed by atoms with Gasteiger partial charge in [0.1, 0.15) is 17.6 Å². The number of nitrogens with zero attached hydrogens (tertiary/aromatic N) is 2. The quantitative estimate of drug-likeness (QED) is 0.817. The fourth-order valence-electron chi connectivity index (χ4n) is 1.22. The lowest BCUT2D eigenvalue weighted by atomic mass is 10.3. The van der Waals surface area contributed by atoms with Crippen LogP contribution in [0.4, 0.5) is 4.39 Å². The molecule has 1 aromatic carbocycles. The number of hydrogen-bond acceptors (Lipinski definition) is 3. The van der Waals surface area contributed by atoms with Crippen LogP contribution < -0.4 is 4.74 Å². The van der Waals surface area contributed by atoms with E-state index in [1.54, 1.807) is 12.1 Å². The van der Waals surface area contributed by atoms with Gasteiger partial charge in [0.25, 0.3) is 0 Å². The lowest BCUT2D eigenvalue weighted by Crippen LogP contribution is -1.91. The van der Waals surface area contributed by atoms with Crippen LogP contribution in [-0.2, 0) is 0 Å². The third-order valence-corrected chi connectivity index (χ3v) is 2.29. The van der Waals surface area contributed by atoms with Crippen LogP contribution in [0, 0.1) is 17.1 Å². The zero-order chi connectivity index (χ0) is 12.3. The van der Waals surface area contributed by atoms with E-state index in [1.807, 2.05) is 6.07 Å². The maximum absolute atomic E-state index is 12.9. The van der Waals surface area contributed by atoms with E-state index < -0.39 is 5.82 Å². The van der Waals surface area contributed by atoms with Gasteiger partial charge in [-0.15, -0.1) is 0 Å².